The molecule has 0 radical (unpaired) electrons. The molecule has 0 aliphatic carbocycles. The summed E-state index contributed by atoms with van der Waals surface area (Å²) in [5.41, 5.74) is 1.37. The molecule has 1 aromatic carbocycles. The fourth-order valence-corrected chi connectivity index (χ4v) is 2.98. The van der Waals surface area contributed by atoms with Gasteiger partial charge in [0.1, 0.15) is 13.2 Å². The van der Waals surface area contributed by atoms with Gasteiger partial charge in [0.15, 0.2) is 11.5 Å². The van der Waals surface area contributed by atoms with E-state index in [0.29, 0.717) is 36.8 Å². The van der Waals surface area contributed by atoms with E-state index in [-0.39, 0.29) is 5.75 Å². The van der Waals surface area contributed by atoms with Crippen LogP contribution in [0, 0.1) is 6.92 Å². The van der Waals surface area contributed by atoms with Crippen molar-refractivity contribution in [2.24, 2.45) is 0 Å². The lowest BCUT2D eigenvalue weighted by atomic mass is 10.2. The van der Waals surface area contributed by atoms with Gasteiger partial charge >= 0.3 is 0 Å². The summed E-state index contributed by atoms with van der Waals surface area (Å²) in [5.74, 6) is 1.36. The Bertz CT molecular complexity index is 539. The number of nitrogens with one attached hydrogen (secondary N) is 1. The molecular formula is C12H17NO4S. The highest BCUT2D eigenvalue weighted by Gasteiger charge is 2.17. The van der Waals surface area contributed by atoms with E-state index in [2.05, 4.69) is 4.72 Å². The summed E-state index contributed by atoms with van der Waals surface area (Å²) in [6.07, 6.45) is 0.582. The lowest BCUT2D eigenvalue weighted by Gasteiger charge is -2.20. The second-order valence-electron chi connectivity index (χ2n) is 4.23. The first-order valence-electron chi connectivity index (χ1n) is 5.92. The maximum atomic E-state index is 11.7. The maximum absolute atomic E-state index is 11.7. The Morgan fingerprint density at radius 2 is 1.83 bits per heavy atom. The number of anilines is 1. The molecule has 0 aromatic heterocycles. The Kier molecular flexibility index (Phi) is 3.65. The fourth-order valence-electron chi connectivity index (χ4n) is 1.79. The molecule has 100 valence electrons. The monoisotopic (exact) mass is 271 g/mol. The van der Waals surface area contributed by atoms with Crippen molar-refractivity contribution in [3.8, 4) is 11.5 Å². The third-order valence-corrected chi connectivity index (χ3v) is 4.10. The van der Waals surface area contributed by atoms with Crippen molar-refractivity contribution in [3.05, 3.63) is 17.7 Å². The van der Waals surface area contributed by atoms with Gasteiger partial charge in [-0.3, -0.25) is 4.72 Å². The fraction of sp³-hybridized carbons (Fsp3) is 0.500. The molecule has 0 amide bonds. The van der Waals surface area contributed by atoms with Gasteiger partial charge in [0.2, 0.25) is 10.0 Å². The van der Waals surface area contributed by atoms with E-state index in [0.717, 1.165) is 5.56 Å². The Labute approximate surface area is 107 Å². The molecule has 0 spiro atoms. The van der Waals surface area contributed by atoms with Crippen molar-refractivity contribution in [1.82, 2.24) is 0 Å². The van der Waals surface area contributed by atoms with Crippen molar-refractivity contribution in [2.45, 2.75) is 20.3 Å². The van der Waals surface area contributed by atoms with Crippen LogP contribution < -0.4 is 14.2 Å². The van der Waals surface area contributed by atoms with Crippen LogP contribution in [0.25, 0.3) is 0 Å². The van der Waals surface area contributed by atoms with Crippen LogP contribution in [0.1, 0.15) is 18.9 Å². The van der Waals surface area contributed by atoms with Crippen LogP contribution in [-0.2, 0) is 10.0 Å². The molecule has 0 bridgehead atoms. The molecule has 1 aromatic rings. The van der Waals surface area contributed by atoms with E-state index < -0.39 is 10.0 Å². The molecule has 0 fully saturated rings. The van der Waals surface area contributed by atoms with E-state index >= 15 is 0 Å². The van der Waals surface area contributed by atoms with Gasteiger partial charge in [-0.15, -0.1) is 0 Å². The molecule has 2 rings (SSSR count). The highest BCUT2D eigenvalue weighted by molar-refractivity contribution is 7.92. The number of hydrogen-bond acceptors (Lipinski definition) is 4. The first kappa shape index (κ1) is 13.0. The molecule has 1 aliphatic heterocycles. The highest BCUT2D eigenvalue weighted by atomic mass is 32.2. The van der Waals surface area contributed by atoms with Gasteiger partial charge in [-0.25, -0.2) is 8.42 Å². The normalized spacial score (nSPS) is 14.3. The molecule has 1 N–H and O–H groups in total. The van der Waals surface area contributed by atoms with E-state index in [1.807, 2.05) is 13.8 Å². The first-order valence-corrected chi connectivity index (χ1v) is 7.58. The van der Waals surface area contributed by atoms with Gasteiger partial charge < -0.3 is 9.47 Å². The van der Waals surface area contributed by atoms with Crippen LogP contribution >= 0.6 is 0 Å². The number of ether oxygens (including phenoxy) is 2. The SMILES string of the molecule is CCCS(=O)(=O)Nc1cc2c(cc1C)OCCO2. The second-order valence-corrected chi connectivity index (χ2v) is 6.07. The molecular weight excluding hydrogens is 254 g/mol. The number of sulfonamides is 1. The second kappa shape index (κ2) is 5.06. The third kappa shape index (κ3) is 2.87. The van der Waals surface area contributed by atoms with Crippen LogP contribution in [-0.4, -0.2) is 27.4 Å². The number of rotatable bonds is 4. The highest BCUT2D eigenvalue weighted by Crippen LogP contribution is 2.35. The summed E-state index contributed by atoms with van der Waals surface area (Å²) in [6, 6.07) is 3.47. The van der Waals surface area contributed by atoms with E-state index in [9.17, 15) is 8.42 Å². The van der Waals surface area contributed by atoms with Crippen LogP contribution in [0.2, 0.25) is 0 Å². The summed E-state index contributed by atoms with van der Waals surface area (Å²) in [7, 11) is -3.28. The average Bonchev–Trinajstić information content (AvgIpc) is 2.29. The van der Waals surface area contributed by atoms with Crippen LogP contribution in [0.3, 0.4) is 0 Å². The van der Waals surface area contributed by atoms with Crippen molar-refractivity contribution in [1.29, 1.82) is 0 Å². The van der Waals surface area contributed by atoms with E-state index in [4.69, 9.17) is 9.47 Å². The summed E-state index contributed by atoms with van der Waals surface area (Å²) in [4.78, 5) is 0. The van der Waals surface area contributed by atoms with Crippen LogP contribution in [0.15, 0.2) is 12.1 Å². The lowest BCUT2D eigenvalue weighted by Crippen LogP contribution is -2.19. The first-order chi connectivity index (χ1) is 8.52. The van der Waals surface area contributed by atoms with Gasteiger partial charge in [0.05, 0.1) is 11.4 Å². The van der Waals surface area contributed by atoms with Gasteiger partial charge in [-0.05, 0) is 25.0 Å². The Balaban J connectivity index is 2.29. The molecule has 1 heterocycles. The third-order valence-electron chi connectivity index (χ3n) is 2.63. The largest absolute Gasteiger partial charge is 0.486 e. The Hall–Kier alpha value is -1.43. The molecule has 0 unspecified atom stereocenters. The minimum Gasteiger partial charge on any atom is -0.486 e. The topological polar surface area (TPSA) is 64.6 Å². The zero-order valence-electron chi connectivity index (χ0n) is 10.5. The van der Waals surface area contributed by atoms with Crippen molar-refractivity contribution in [3.63, 3.8) is 0 Å². The average molecular weight is 271 g/mol. The zero-order valence-corrected chi connectivity index (χ0v) is 11.3. The molecule has 6 heteroatoms. The van der Waals surface area contributed by atoms with E-state index in [1.54, 1.807) is 12.1 Å². The standard InChI is InChI=1S/C12H17NO4S/c1-3-6-18(14,15)13-10-8-12-11(7-9(10)2)16-4-5-17-12/h7-8,13H,3-6H2,1-2H3. The summed E-state index contributed by atoms with van der Waals surface area (Å²) in [5, 5.41) is 0. The minimum atomic E-state index is -3.28. The quantitative estimate of drug-likeness (QED) is 0.908. The van der Waals surface area contributed by atoms with Crippen molar-refractivity contribution in [2.75, 3.05) is 23.7 Å². The number of benzene rings is 1. The summed E-state index contributed by atoms with van der Waals surface area (Å²) < 4.78 is 36.9. The Morgan fingerprint density at radius 1 is 1.22 bits per heavy atom. The number of hydrogen-bond donors (Lipinski definition) is 1. The Morgan fingerprint density at radius 3 is 2.44 bits per heavy atom. The van der Waals surface area contributed by atoms with Gasteiger partial charge in [-0.1, -0.05) is 6.92 Å². The van der Waals surface area contributed by atoms with Gasteiger partial charge in [0, 0.05) is 6.07 Å². The molecule has 1 aliphatic rings. The van der Waals surface area contributed by atoms with Crippen molar-refractivity contribution >= 4 is 15.7 Å². The van der Waals surface area contributed by atoms with Gasteiger partial charge in [0.25, 0.3) is 0 Å². The smallest absolute Gasteiger partial charge is 0.232 e. The predicted octanol–water partition coefficient (Wildman–Crippen LogP) is 1.92. The molecule has 0 saturated heterocycles. The van der Waals surface area contributed by atoms with E-state index in [1.165, 1.54) is 0 Å². The number of fused-ring (bicyclic) bond motifs is 1. The summed E-state index contributed by atoms with van der Waals surface area (Å²) in [6.45, 7) is 4.67. The minimum absolute atomic E-state index is 0.112. The molecule has 0 atom stereocenters. The van der Waals surface area contributed by atoms with Crippen LogP contribution in [0.4, 0.5) is 5.69 Å². The lowest BCUT2D eigenvalue weighted by molar-refractivity contribution is 0.171. The zero-order chi connectivity index (χ0) is 13.2. The predicted molar refractivity (Wildman–Crippen MR) is 69.9 cm³/mol. The van der Waals surface area contributed by atoms with Crippen molar-refractivity contribution < 1.29 is 17.9 Å². The molecule has 5 nitrogen and oxygen atoms in total. The maximum Gasteiger partial charge on any atom is 0.232 e. The molecule has 0 saturated carbocycles. The van der Waals surface area contributed by atoms with Crippen LogP contribution in [0.5, 0.6) is 11.5 Å². The summed E-state index contributed by atoms with van der Waals surface area (Å²) >= 11 is 0. The van der Waals surface area contributed by atoms with Gasteiger partial charge in [-0.2, -0.15) is 0 Å². The number of aryl methyl sites for hydroxylation is 1. The molecule has 18 heavy (non-hydrogen) atoms.